The molecule has 0 spiro atoms. The Kier molecular flexibility index (Phi) is 6.51. The molecule has 10 nitrogen and oxygen atoms in total. The van der Waals surface area contributed by atoms with Crippen LogP contribution >= 0.6 is 11.6 Å². The van der Waals surface area contributed by atoms with Crippen molar-refractivity contribution >= 4 is 35.1 Å². The van der Waals surface area contributed by atoms with Crippen molar-refractivity contribution in [3.63, 3.8) is 0 Å². The van der Waals surface area contributed by atoms with Crippen LogP contribution in [0, 0.1) is 13.8 Å². The number of aromatic nitrogens is 3. The number of likely N-dealkylation sites (N-methyl/N-ethyl adjacent to an activating group) is 1. The number of nitrogens with zero attached hydrogens (tertiary/aromatic N) is 4. The van der Waals surface area contributed by atoms with Gasteiger partial charge < -0.3 is 19.7 Å². The number of pyridine rings is 1. The molecular formula is C23H22ClN5O5. The molecule has 4 rings (SSSR count). The monoisotopic (exact) mass is 483 g/mol. The molecule has 2 aromatic heterocycles. The SMILES string of the molecule is CNC(=O)C1CN(C(=O)COC(=O)c2nc(-n3nc(C)cc3C)ccc2Cl)c2ccccc2O1. The maximum absolute atomic E-state index is 13.0. The summed E-state index contributed by atoms with van der Waals surface area (Å²) in [4.78, 5) is 43.5. The van der Waals surface area contributed by atoms with Gasteiger partial charge in [0.05, 0.1) is 22.9 Å². The third-order valence-corrected chi connectivity index (χ3v) is 5.50. The molecule has 0 radical (unpaired) electrons. The Balaban J connectivity index is 1.51. The Morgan fingerprint density at radius 1 is 1.21 bits per heavy atom. The van der Waals surface area contributed by atoms with Crippen LogP contribution in [0.2, 0.25) is 5.02 Å². The number of para-hydroxylation sites is 2. The number of carbonyl (C=O) groups excluding carboxylic acids is 3. The number of anilines is 1. The van der Waals surface area contributed by atoms with Crippen molar-refractivity contribution in [3.8, 4) is 11.6 Å². The zero-order valence-corrected chi connectivity index (χ0v) is 19.5. The van der Waals surface area contributed by atoms with E-state index in [9.17, 15) is 14.4 Å². The minimum Gasteiger partial charge on any atom is -0.477 e. The maximum Gasteiger partial charge on any atom is 0.359 e. The van der Waals surface area contributed by atoms with E-state index in [-0.39, 0.29) is 23.2 Å². The van der Waals surface area contributed by atoms with E-state index < -0.39 is 24.6 Å². The Morgan fingerprint density at radius 3 is 2.68 bits per heavy atom. The molecule has 0 bridgehead atoms. The molecule has 3 heterocycles. The number of amides is 2. The lowest BCUT2D eigenvalue weighted by Gasteiger charge is -2.33. The number of benzene rings is 1. The first-order valence-corrected chi connectivity index (χ1v) is 10.8. The predicted molar refractivity (Wildman–Crippen MR) is 123 cm³/mol. The topological polar surface area (TPSA) is 116 Å². The second-order valence-electron chi connectivity index (χ2n) is 7.61. The van der Waals surface area contributed by atoms with E-state index in [0.717, 1.165) is 11.4 Å². The summed E-state index contributed by atoms with van der Waals surface area (Å²) in [7, 11) is 1.48. The van der Waals surface area contributed by atoms with Crippen LogP contribution < -0.4 is 15.0 Å². The van der Waals surface area contributed by atoms with Crippen molar-refractivity contribution in [2.45, 2.75) is 20.0 Å². The molecule has 0 fully saturated rings. The summed E-state index contributed by atoms with van der Waals surface area (Å²) < 4.78 is 12.5. The number of aryl methyl sites for hydroxylation is 2. The third kappa shape index (κ3) is 4.58. The van der Waals surface area contributed by atoms with E-state index in [4.69, 9.17) is 21.1 Å². The number of nitrogens with one attached hydrogen (secondary N) is 1. The van der Waals surface area contributed by atoms with Crippen molar-refractivity contribution in [2.75, 3.05) is 25.1 Å². The molecule has 0 aliphatic carbocycles. The number of esters is 1. The van der Waals surface area contributed by atoms with Crippen LogP contribution in [0.1, 0.15) is 21.9 Å². The number of halogens is 1. The molecule has 1 N–H and O–H groups in total. The number of hydrogen-bond acceptors (Lipinski definition) is 7. The summed E-state index contributed by atoms with van der Waals surface area (Å²) in [5.74, 6) is -0.982. The number of hydrogen-bond donors (Lipinski definition) is 1. The van der Waals surface area contributed by atoms with Crippen LogP contribution in [0.15, 0.2) is 42.5 Å². The molecule has 1 atom stereocenters. The number of rotatable bonds is 5. The molecule has 176 valence electrons. The van der Waals surface area contributed by atoms with Crippen LogP contribution in [0.5, 0.6) is 5.75 Å². The van der Waals surface area contributed by atoms with Gasteiger partial charge in [0.1, 0.15) is 5.75 Å². The highest BCUT2D eigenvalue weighted by Gasteiger charge is 2.33. The van der Waals surface area contributed by atoms with E-state index in [1.54, 1.807) is 35.0 Å². The second kappa shape index (κ2) is 9.52. The number of carbonyl (C=O) groups is 3. The van der Waals surface area contributed by atoms with Crippen molar-refractivity contribution in [1.82, 2.24) is 20.1 Å². The Labute approximate surface area is 200 Å². The Hall–Kier alpha value is -3.92. The molecule has 3 aromatic rings. The minimum atomic E-state index is -0.895. The number of ether oxygens (including phenoxy) is 2. The lowest BCUT2D eigenvalue weighted by molar-refractivity contribution is -0.128. The fourth-order valence-corrected chi connectivity index (χ4v) is 3.78. The first-order chi connectivity index (χ1) is 16.3. The van der Waals surface area contributed by atoms with E-state index in [0.29, 0.717) is 17.3 Å². The van der Waals surface area contributed by atoms with Crippen LogP contribution in [0.3, 0.4) is 0 Å². The van der Waals surface area contributed by atoms with Gasteiger partial charge in [-0.05, 0) is 44.2 Å². The molecule has 0 saturated carbocycles. The highest BCUT2D eigenvalue weighted by molar-refractivity contribution is 6.33. The summed E-state index contributed by atoms with van der Waals surface area (Å²) in [6.07, 6.45) is -0.895. The van der Waals surface area contributed by atoms with Crippen LogP contribution in [0.25, 0.3) is 5.82 Å². The Bertz CT molecular complexity index is 1270. The van der Waals surface area contributed by atoms with Gasteiger partial charge in [0.2, 0.25) is 0 Å². The Morgan fingerprint density at radius 2 is 1.97 bits per heavy atom. The van der Waals surface area contributed by atoms with E-state index in [2.05, 4.69) is 15.4 Å². The maximum atomic E-state index is 13.0. The van der Waals surface area contributed by atoms with Crippen LogP contribution in [0.4, 0.5) is 5.69 Å². The molecule has 1 aliphatic heterocycles. The molecule has 0 saturated heterocycles. The van der Waals surface area contributed by atoms with E-state index in [1.807, 2.05) is 19.9 Å². The first kappa shape index (κ1) is 23.2. The van der Waals surface area contributed by atoms with Crippen molar-refractivity contribution in [1.29, 1.82) is 0 Å². The van der Waals surface area contributed by atoms with Gasteiger partial charge in [0.25, 0.3) is 11.8 Å². The van der Waals surface area contributed by atoms with Crippen LogP contribution in [-0.2, 0) is 14.3 Å². The van der Waals surface area contributed by atoms with Gasteiger partial charge in [0, 0.05) is 12.7 Å². The molecule has 11 heteroatoms. The number of fused-ring (bicyclic) bond motifs is 1. The van der Waals surface area contributed by atoms with Gasteiger partial charge in [-0.25, -0.2) is 14.5 Å². The molecule has 2 amide bonds. The van der Waals surface area contributed by atoms with Crippen molar-refractivity contribution in [3.05, 3.63) is 64.6 Å². The zero-order valence-electron chi connectivity index (χ0n) is 18.7. The third-order valence-electron chi connectivity index (χ3n) is 5.19. The van der Waals surface area contributed by atoms with Crippen LogP contribution in [-0.4, -0.2) is 58.9 Å². The standard InChI is InChI=1S/C23H22ClN5O5/c1-13-10-14(2)29(27-13)19-9-8-15(24)21(26-19)23(32)33-12-20(30)28-11-18(22(31)25-3)34-17-7-5-4-6-16(17)28/h4-10,18H,11-12H2,1-3H3,(H,25,31). The van der Waals surface area contributed by atoms with Gasteiger partial charge in [0.15, 0.2) is 24.2 Å². The quantitative estimate of drug-likeness (QED) is 0.553. The molecule has 1 aromatic carbocycles. The second-order valence-corrected chi connectivity index (χ2v) is 8.01. The first-order valence-electron chi connectivity index (χ1n) is 10.4. The molecule has 34 heavy (non-hydrogen) atoms. The summed E-state index contributed by atoms with van der Waals surface area (Å²) in [6.45, 7) is 3.10. The van der Waals surface area contributed by atoms with E-state index >= 15 is 0 Å². The largest absolute Gasteiger partial charge is 0.477 e. The normalized spacial score (nSPS) is 14.7. The fraction of sp³-hybridized carbons (Fsp3) is 0.261. The van der Waals surface area contributed by atoms with Gasteiger partial charge in [-0.2, -0.15) is 5.10 Å². The predicted octanol–water partition coefficient (Wildman–Crippen LogP) is 2.23. The van der Waals surface area contributed by atoms with E-state index in [1.165, 1.54) is 18.0 Å². The lowest BCUT2D eigenvalue weighted by Crippen LogP contribution is -2.51. The summed E-state index contributed by atoms with van der Waals surface area (Å²) in [5, 5.41) is 6.94. The van der Waals surface area contributed by atoms with Gasteiger partial charge in [-0.15, -0.1) is 0 Å². The van der Waals surface area contributed by atoms with Gasteiger partial charge in [-0.1, -0.05) is 23.7 Å². The average molecular weight is 484 g/mol. The summed E-state index contributed by atoms with van der Waals surface area (Å²) in [5.41, 5.74) is 1.97. The molecule has 1 aliphatic rings. The van der Waals surface area contributed by atoms with Gasteiger partial charge >= 0.3 is 5.97 Å². The van der Waals surface area contributed by atoms with Crippen molar-refractivity contribution < 1.29 is 23.9 Å². The lowest BCUT2D eigenvalue weighted by atomic mass is 10.1. The summed E-state index contributed by atoms with van der Waals surface area (Å²) in [6, 6.07) is 11.8. The zero-order chi connectivity index (χ0) is 24.4. The molecule has 1 unspecified atom stereocenters. The summed E-state index contributed by atoms with van der Waals surface area (Å²) >= 11 is 6.18. The smallest absolute Gasteiger partial charge is 0.359 e. The highest BCUT2D eigenvalue weighted by atomic mass is 35.5. The van der Waals surface area contributed by atoms with Crippen molar-refractivity contribution in [2.24, 2.45) is 0 Å². The van der Waals surface area contributed by atoms with Gasteiger partial charge in [-0.3, -0.25) is 9.59 Å². The fourth-order valence-electron chi connectivity index (χ4n) is 3.60. The average Bonchev–Trinajstić information content (AvgIpc) is 3.18. The minimum absolute atomic E-state index is 0.0283. The highest BCUT2D eigenvalue weighted by Crippen LogP contribution is 2.33. The molecular weight excluding hydrogens is 462 g/mol.